The Balaban J connectivity index is 1.37. The maximum Gasteiger partial charge on any atom is 0.241 e. The molecule has 1 aliphatic rings. The first kappa shape index (κ1) is 22.2. The number of carbonyl (C=O) groups is 2. The number of anilines is 2. The number of benzene rings is 2. The number of para-hydroxylation sites is 1. The molecule has 2 aromatic carbocycles. The largest absolute Gasteiger partial charge is 0.324 e. The van der Waals surface area contributed by atoms with Crippen LogP contribution >= 0.6 is 11.3 Å². The molecule has 0 saturated carbocycles. The van der Waals surface area contributed by atoms with Gasteiger partial charge in [-0.15, -0.1) is 11.3 Å². The summed E-state index contributed by atoms with van der Waals surface area (Å²) < 4.78 is 0. The minimum atomic E-state index is -0.122. The van der Waals surface area contributed by atoms with Crippen molar-refractivity contribution in [1.29, 1.82) is 0 Å². The van der Waals surface area contributed by atoms with Crippen LogP contribution in [0.3, 0.4) is 0 Å². The molecule has 1 N–H and O–H groups in total. The second-order valence-electron chi connectivity index (χ2n) is 8.38. The van der Waals surface area contributed by atoms with E-state index in [4.69, 9.17) is 0 Å². The molecule has 3 aromatic rings. The minimum absolute atomic E-state index is 0.00313. The number of nitrogens with zero attached hydrogens (tertiary/aromatic N) is 3. The van der Waals surface area contributed by atoms with Gasteiger partial charge in [0.05, 0.1) is 23.8 Å². The van der Waals surface area contributed by atoms with Crippen LogP contribution in [0.2, 0.25) is 0 Å². The fourth-order valence-electron chi connectivity index (χ4n) is 4.12. The lowest BCUT2D eigenvalue weighted by Gasteiger charge is -2.22. The summed E-state index contributed by atoms with van der Waals surface area (Å²) >= 11 is 1.64. The number of likely N-dealkylation sites (N-methyl/N-ethyl adjacent to an activating group) is 1. The molecule has 0 aliphatic carbocycles. The van der Waals surface area contributed by atoms with E-state index in [0.29, 0.717) is 6.54 Å². The topological polar surface area (TPSA) is 65.5 Å². The van der Waals surface area contributed by atoms with Gasteiger partial charge >= 0.3 is 0 Å². The van der Waals surface area contributed by atoms with Crippen molar-refractivity contribution in [3.63, 3.8) is 0 Å². The van der Waals surface area contributed by atoms with Crippen LogP contribution in [0.5, 0.6) is 0 Å². The Morgan fingerprint density at radius 2 is 1.88 bits per heavy atom. The van der Waals surface area contributed by atoms with Crippen molar-refractivity contribution in [2.45, 2.75) is 27.2 Å². The Morgan fingerprint density at radius 1 is 1.12 bits per heavy atom. The molecule has 0 saturated heterocycles. The van der Waals surface area contributed by atoms with Gasteiger partial charge in [-0.2, -0.15) is 0 Å². The molecule has 0 radical (unpaired) electrons. The van der Waals surface area contributed by atoms with Crippen molar-refractivity contribution >= 4 is 34.5 Å². The highest BCUT2D eigenvalue weighted by Crippen LogP contribution is 2.32. The predicted molar refractivity (Wildman–Crippen MR) is 130 cm³/mol. The van der Waals surface area contributed by atoms with Gasteiger partial charge in [0.1, 0.15) is 0 Å². The normalized spacial score (nSPS) is 12.8. The van der Waals surface area contributed by atoms with Crippen LogP contribution in [0.1, 0.15) is 21.7 Å². The van der Waals surface area contributed by atoms with Crippen LogP contribution in [0.4, 0.5) is 11.4 Å². The molecule has 0 bridgehead atoms. The van der Waals surface area contributed by atoms with Crippen LogP contribution in [-0.2, 0) is 16.0 Å². The quantitative estimate of drug-likeness (QED) is 0.614. The molecule has 166 valence electrons. The van der Waals surface area contributed by atoms with Gasteiger partial charge in [-0.25, -0.2) is 4.98 Å². The summed E-state index contributed by atoms with van der Waals surface area (Å²) in [6, 6.07) is 12.1. The van der Waals surface area contributed by atoms with Crippen molar-refractivity contribution in [2.24, 2.45) is 0 Å². The molecule has 0 unspecified atom stereocenters. The molecule has 0 fully saturated rings. The molecule has 2 amide bonds. The standard InChI is InChI=1S/C25H28N4O2S/c1-16-6-5-7-17(2)25(16)27-23(30)13-28(4)14-24(31)29-11-10-20-12-19(8-9-22(20)29)21-15-32-18(3)26-21/h5-9,12,15H,10-11,13-14H2,1-4H3,(H,27,30). The third-order valence-corrected chi connectivity index (χ3v) is 6.53. The van der Waals surface area contributed by atoms with Crippen molar-refractivity contribution in [3.05, 3.63) is 63.5 Å². The Labute approximate surface area is 192 Å². The summed E-state index contributed by atoms with van der Waals surface area (Å²) in [5, 5.41) is 6.09. The van der Waals surface area contributed by atoms with Crippen LogP contribution in [0, 0.1) is 20.8 Å². The van der Waals surface area contributed by atoms with Crippen LogP contribution in [0.25, 0.3) is 11.3 Å². The zero-order valence-electron chi connectivity index (χ0n) is 18.9. The molecular weight excluding hydrogens is 420 g/mol. The van der Waals surface area contributed by atoms with E-state index in [1.807, 2.05) is 56.0 Å². The Morgan fingerprint density at radius 3 is 2.56 bits per heavy atom. The number of thiazole rings is 1. The van der Waals surface area contributed by atoms with Crippen LogP contribution in [-0.4, -0.2) is 48.4 Å². The molecule has 32 heavy (non-hydrogen) atoms. The second kappa shape index (κ2) is 9.22. The molecule has 1 aliphatic heterocycles. The van der Waals surface area contributed by atoms with Crippen molar-refractivity contribution in [2.75, 3.05) is 36.9 Å². The average molecular weight is 449 g/mol. The average Bonchev–Trinajstić information content (AvgIpc) is 3.36. The van der Waals surface area contributed by atoms with Crippen LogP contribution < -0.4 is 10.2 Å². The van der Waals surface area contributed by atoms with E-state index in [1.54, 1.807) is 23.3 Å². The van der Waals surface area contributed by atoms with E-state index in [2.05, 4.69) is 21.7 Å². The van der Waals surface area contributed by atoms with Gasteiger partial charge in [-0.05, 0) is 63.1 Å². The molecule has 7 heteroatoms. The number of nitrogens with one attached hydrogen (secondary N) is 1. The zero-order valence-corrected chi connectivity index (χ0v) is 19.8. The molecule has 2 heterocycles. The highest BCUT2D eigenvalue weighted by Gasteiger charge is 2.26. The summed E-state index contributed by atoms with van der Waals surface area (Å²) in [5.74, 6) is -0.119. The SMILES string of the molecule is Cc1nc(-c2ccc3c(c2)CCN3C(=O)CN(C)CC(=O)Nc2c(C)cccc2C)cs1. The monoisotopic (exact) mass is 448 g/mol. The predicted octanol–water partition coefficient (Wildman–Crippen LogP) is 4.19. The number of rotatable bonds is 6. The van der Waals surface area contributed by atoms with Crippen LogP contribution in [0.15, 0.2) is 41.8 Å². The summed E-state index contributed by atoms with van der Waals surface area (Å²) in [6.07, 6.45) is 0.828. The number of carbonyl (C=O) groups excluding carboxylic acids is 2. The van der Waals surface area contributed by atoms with Crippen molar-refractivity contribution < 1.29 is 9.59 Å². The molecular formula is C25H28N4O2S. The highest BCUT2D eigenvalue weighted by atomic mass is 32.1. The lowest BCUT2D eigenvalue weighted by molar-refractivity contribution is -0.120. The van der Waals surface area contributed by atoms with Gasteiger partial charge in [0.25, 0.3) is 0 Å². The third-order valence-electron chi connectivity index (χ3n) is 5.76. The van der Waals surface area contributed by atoms with Gasteiger partial charge in [0.2, 0.25) is 11.8 Å². The van der Waals surface area contributed by atoms with Crippen molar-refractivity contribution in [3.8, 4) is 11.3 Å². The first-order valence-electron chi connectivity index (χ1n) is 10.7. The molecule has 6 nitrogen and oxygen atoms in total. The lowest BCUT2D eigenvalue weighted by atomic mass is 10.1. The Bertz CT molecular complexity index is 1150. The fourth-order valence-corrected chi connectivity index (χ4v) is 4.75. The maximum atomic E-state index is 13.0. The molecule has 0 spiro atoms. The first-order chi connectivity index (χ1) is 15.3. The molecule has 4 rings (SSSR count). The number of amides is 2. The van der Waals surface area contributed by atoms with E-state index < -0.39 is 0 Å². The van der Waals surface area contributed by atoms with E-state index in [-0.39, 0.29) is 24.9 Å². The van der Waals surface area contributed by atoms with E-state index in [0.717, 1.165) is 50.8 Å². The smallest absolute Gasteiger partial charge is 0.241 e. The van der Waals surface area contributed by atoms with Gasteiger partial charge in [0, 0.05) is 28.9 Å². The number of fused-ring (bicyclic) bond motifs is 1. The fraction of sp³-hybridized carbons (Fsp3) is 0.320. The van der Waals surface area contributed by atoms with Gasteiger partial charge in [-0.3, -0.25) is 14.5 Å². The highest BCUT2D eigenvalue weighted by molar-refractivity contribution is 7.09. The number of hydrogen-bond acceptors (Lipinski definition) is 5. The second-order valence-corrected chi connectivity index (χ2v) is 9.44. The van der Waals surface area contributed by atoms with Gasteiger partial charge < -0.3 is 10.2 Å². The molecule has 1 aromatic heterocycles. The number of hydrogen-bond donors (Lipinski definition) is 1. The van der Waals surface area contributed by atoms with Crippen molar-refractivity contribution in [1.82, 2.24) is 9.88 Å². The summed E-state index contributed by atoms with van der Waals surface area (Å²) in [5.41, 5.74) is 7.08. The number of aromatic nitrogens is 1. The van der Waals surface area contributed by atoms with E-state index in [1.165, 1.54) is 0 Å². The summed E-state index contributed by atoms with van der Waals surface area (Å²) in [7, 11) is 1.80. The third kappa shape index (κ3) is 4.74. The maximum absolute atomic E-state index is 13.0. The number of aryl methyl sites for hydroxylation is 3. The van der Waals surface area contributed by atoms with E-state index >= 15 is 0 Å². The lowest BCUT2D eigenvalue weighted by Crippen LogP contribution is -2.41. The van der Waals surface area contributed by atoms with Gasteiger partial charge in [-0.1, -0.05) is 24.3 Å². The molecule has 0 atom stereocenters. The Hall–Kier alpha value is -3.03. The first-order valence-corrected chi connectivity index (χ1v) is 11.6. The summed E-state index contributed by atoms with van der Waals surface area (Å²) in [4.78, 5) is 33.6. The van der Waals surface area contributed by atoms with E-state index in [9.17, 15) is 9.59 Å². The summed E-state index contributed by atoms with van der Waals surface area (Å²) in [6.45, 7) is 6.95. The minimum Gasteiger partial charge on any atom is -0.324 e. The zero-order chi connectivity index (χ0) is 22.8. The Kier molecular flexibility index (Phi) is 6.39. The van der Waals surface area contributed by atoms with Gasteiger partial charge in [0.15, 0.2) is 0 Å².